The molecule has 0 radical (unpaired) electrons. The Bertz CT molecular complexity index is 576. The molecule has 1 N–H and O–H groups in total. The molecule has 0 unspecified atom stereocenters. The normalized spacial score (nSPS) is 19.0. The van der Waals surface area contributed by atoms with Gasteiger partial charge in [-0.25, -0.2) is 0 Å². The minimum atomic E-state index is -0.00391. The van der Waals surface area contributed by atoms with E-state index in [9.17, 15) is 9.59 Å². The maximum absolute atomic E-state index is 12.6. The molecule has 1 saturated heterocycles. The van der Waals surface area contributed by atoms with E-state index in [4.69, 9.17) is 0 Å². The molecule has 6 heteroatoms. The first-order valence-corrected chi connectivity index (χ1v) is 8.40. The Morgan fingerprint density at radius 1 is 1.09 bits per heavy atom. The molecule has 1 aromatic rings. The van der Waals surface area contributed by atoms with Gasteiger partial charge < -0.3 is 15.1 Å². The minimum Gasteiger partial charge on any atom is -0.381 e. The summed E-state index contributed by atoms with van der Waals surface area (Å²) in [5.41, 5.74) is 1.54. The van der Waals surface area contributed by atoms with E-state index in [1.165, 1.54) is 25.7 Å². The fraction of sp³-hybridized carbons (Fsp3) is 0.588. The number of hydrogen-bond acceptors (Lipinski definition) is 4. The second kappa shape index (κ2) is 6.98. The third-order valence-corrected chi connectivity index (χ3v) is 4.72. The Labute approximate surface area is 136 Å². The lowest BCUT2D eigenvalue weighted by molar-refractivity contribution is -0.130. The zero-order valence-corrected chi connectivity index (χ0v) is 13.6. The van der Waals surface area contributed by atoms with Gasteiger partial charge in [-0.3, -0.25) is 14.6 Å². The average Bonchev–Trinajstić information content (AvgIpc) is 3.07. The molecule has 3 rings (SSSR count). The van der Waals surface area contributed by atoms with Crippen LogP contribution in [0.1, 0.15) is 43.0 Å². The van der Waals surface area contributed by atoms with Crippen LogP contribution in [0.25, 0.3) is 0 Å². The van der Waals surface area contributed by atoms with Gasteiger partial charge in [-0.05, 0) is 18.9 Å². The first-order chi connectivity index (χ1) is 11.1. The predicted octanol–water partition coefficient (Wildman–Crippen LogP) is 1.74. The number of nitrogens with one attached hydrogen (secondary N) is 1. The van der Waals surface area contributed by atoms with Crippen molar-refractivity contribution in [1.29, 1.82) is 0 Å². The fourth-order valence-electron chi connectivity index (χ4n) is 3.35. The van der Waals surface area contributed by atoms with Crippen LogP contribution in [0, 0.1) is 0 Å². The van der Waals surface area contributed by atoms with E-state index >= 15 is 0 Å². The highest BCUT2D eigenvalue weighted by molar-refractivity contribution is 5.95. The number of pyridine rings is 1. The summed E-state index contributed by atoms with van der Waals surface area (Å²) in [7, 11) is 0. The van der Waals surface area contributed by atoms with Crippen molar-refractivity contribution >= 4 is 17.5 Å². The molecular formula is C17H24N4O2. The molecule has 2 fully saturated rings. The van der Waals surface area contributed by atoms with E-state index in [-0.39, 0.29) is 11.8 Å². The maximum atomic E-state index is 12.6. The Kier molecular flexibility index (Phi) is 4.79. The van der Waals surface area contributed by atoms with Crippen LogP contribution in [0.15, 0.2) is 18.5 Å². The predicted molar refractivity (Wildman–Crippen MR) is 88.3 cm³/mol. The SMILES string of the molecule is CC(=O)N1CCN(C(=O)c2cncc(NC3CCCC3)c2)CC1. The van der Waals surface area contributed by atoms with Gasteiger partial charge in [0.25, 0.3) is 5.91 Å². The molecule has 2 heterocycles. The van der Waals surface area contributed by atoms with Crippen LogP contribution in [-0.4, -0.2) is 58.8 Å². The van der Waals surface area contributed by atoms with Crippen LogP contribution in [0.2, 0.25) is 0 Å². The van der Waals surface area contributed by atoms with Gasteiger partial charge in [0.05, 0.1) is 11.3 Å². The molecule has 1 aliphatic carbocycles. The number of amides is 2. The van der Waals surface area contributed by atoms with E-state index in [2.05, 4.69) is 10.3 Å². The molecule has 1 aromatic heterocycles. The monoisotopic (exact) mass is 316 g/mol. The minimum absolute atomic E-state index is 0.00391. The summed E-state index contributed by atoms with van der Waals surface area (Å²) in [6.45, 7) is 3.94. The van der Waals surface area contributed by atoms with Crippen molar-refractivity contribution in [2.45, 2.75) is 38.6 Å². The number of hydrogen-bond donors (Lipinski definition) is 1. The summed E-state index contributed by atoms with van der Waals surface area (Å²) in [6, 6.07) is 2.40. The number of rotatable bonds is 3. The lowest BCUT2D eigenvalue weighted by Gasteiger charge is -2.34. The molecule has 2 amide bonds. The van der Waals surface area contributed by atoms with Gasteiger partial charge >= 0.3 is 0 Å². The molecule has 1 saturated carbocycles. The van der Waals surface area contributed by atoms with Gasteiger partial charge in [-0.1, -0.05) is 12.8 Å². The number of carbonyl (C=O) groups excluding carboxylic acids is 2. The van der Waals surface area contributed by atoms with Gasteiger partial charge in [0.1, 0.15) is 0 Å². The van der Waals surface area contributed by atoms with Crippen molar-refractivity contribution in [3.05, 3.63) is 24.0 Å². The van der Waals surface area contributed by atoms with Crippen LogP contribution in [0.3, 0.4) is 0 Å². The maximum Gasteiger partial charge on any atom is 0.255 e. The van der Waals surface area contributed by atoms with Crippen LogP contribution < -0.4 is 5.32 Å². The lowest BCUT2D eigenvalue weighted by Crippen LogP contribution is -2.50. The Morgan fingerprint density at radius 3 is 2.39 bits per heavy atom. The third-order valence-electron chi connectivity index (χ3n) is 4.72. The molecular weight excluding hydrogens is 292 g/mol. The van der Waals surface area contributed by atoms with E-state index in [0.717, 1.165) is 5.69 Å². The van der Waals surface area contributed by atoms with Gasteiger partial charge in [0.15, 0.2) is 0 Å². The number of piperazine rings is 1. The number of carbonyl (C=O) groups is 2. The quantitative estimate of drug-likeness (QED) is 0.922. The van der Waals surface area contributed by atoms with E-state index in [1.54, 1.807) is 29.1 Å². The van der Waals surface area contributed by atoms with Gasteiger partial charge in [0, 0.05) is 51.5 Å². The number of aromatic nitrogens is 1. The Morgan fingerprint density at radius 2 is 1.74 bits per heavy atom. The summed E-state index contributed by atoms with van der Waals surface area (Å²) < 4.78 is 0. The van der Waals surface area contributed by atoms with E-state index in [1.807, 2.05) is 6.07 Å². The third kappa shape index (κ3) is 3.81. The van der Waals surface area contributed by atoms with Crippen LogP contribution >= 0.6 is 0 Å². The van der Waals surface area contributed by atoms with Crippen LogP contribution in [0.4, 0.5) is 5.69 Å². The summed E-state index contributed by atoms with van der Waals surface area (Å²) in [6.07, 6.45) is 8.31. The second-order valence-corrected chi connectivity index (χ2v) is 6.39. The van der Waals surface area contributed by atoms with Crippen molar-refractivity contribution in [2.24, 2.45) is 0 Å². The standard InChI is InChI=1S/C17H24N4O2/c1-13(22)20-6-8-21(9-7-20)17(23)14-10-16(12-18-11-14)19-15-4-2-3-5-15/h10-12,15,19H,2-9H2,1H3. The highest BCUT2D eigenvalue weighted by atomic mass is 16.2. The molecule has 0 bridgehead atoms. The van der Waals surface area contributed by atoms with E-state index in [0.29, 0.717) is 37.8 Å². The van der Waals surface area contributed by atoms with Crippen molar-refractivity contribution < 1.29 is 9.59 Å². The zero-order valence-electron chi connectivity index (χ0n) is 13.6. The van der Waals surface area contributed by atoms with Crippen molar-refractivity contribution in [2.75, 3.05) is 31.5 Å². The van der Waals surface area contributed by atoms with Crippen molar-refractivity contribution in [3.63, 3.8) is 0 Å². The van der Waals surface area contributed by atoms with Gasteiger partial charge in [-0.2, -0.15) is 0 Å². The molecule has 2 aliphatic rings. The van der Waals surface area contributed by atoms with Crippen LogP contribution in [-0.2, 0) is 4.79 Å². The molecule has 0 spiro atoms. The number of anilines is 1. The van der Waals surface area contributed by atoms with E-state index < -0.39 is 0 Å². The zero-order chi connectivity index (χ0) is 16.2. The summed E-state index contributed by atoms with van der Waals surface area (Å²) in [4.78, 5) is 31.8. The molecule has 23 heavy (non-hydrogen) atoms. The average molecular weight is 316 g/mol. The van der Waals surface area contributed by atoms with Gasteiger partial charge in [0.2, 0.25) is 5.91 Å². The fourth-order valence-corrected chi connectivity index (χ4v) is 3.35. The molecule has 124 valence electrons. The molecule has 1 aliphatic heterocycles. The summed E-state index contributed by atoms with van der Waals surface area (Å²) >= 11 is 0. The molecule has 0 aromatic carbocycles. The topological polar surface area (TPSA) is 65.5 Å². The van der Waals surface area contributed by atoms with Gasteiger partial charge in [-0.15, -0.1) is 0 Å². The lowest BCUT2D eigenvalue weighted by atomic mass is 10.2. The van der Waals surface area contributed by atoms with Crippen LogP contribution in [0.5, 0.6) is 0 Å². The van der Waals surface area contributed by atoms with Crippen molar-refractivity contribution in [3.8, 4) is 0 Å². The molecule has 0 atom stereocenters. The summed E-state index contributed by atoms with van der Waals surface area (Å²) in [5.74, 6) is 0.0669. The van der Waals surface area contributed by atoms with Crippen molar-refractivity contribution in [1.82, 2.24) is 14.8 Å². The number of nitrogens with zero attached hydrogens (tertiary/aromatic N) is 3. The Hall–Kier alpha value is -2.11. The molecule has 6 nitrogen and oxygen atoms in total. The highest BCUT2D eigenvalue weighted by Gasteiger charge is 2.24. The Balaban J connectivity index is 1.62. The smallest absolute Gasteiger partial charge is 0.255 e. The highest BCUT2D eigenvalue weighted by Crippen LogP contribution is 2.22. The first kappa shape index (κ1) is 15.8. The second-order valence-electron chi connectivity index (χ2n) is 6.39. The first-order valence-electron chi connectivity index (χ1n) is 8.40. The largest absolute Gasteiger partial charge is 0.381 e. The summed E-state index contributed by atoms with van der Waals surface area (Å²) in [5, 5.41) is 3.47.